The number of nitrogens with one attached hydrogen (secondary N) is 1. The largest absolute Gasteiger partial charge is 0.487 e. The van der Waals surface area contributed by atoms with Gasteiger partial charge < -0.3 is 10.1 Å². The first-order valence-corrected chi connectivity index (χ1v) is 14.7. The summed E-state index contributed by atoms with van der Waals surface area (Å²) in [5.41, 5.74) is 3.18. The standard InChI is InChI=1S/C27H27N5O3S.C3H3F3O/c1-14-9-15(11-28)31-22(23(14)35-16-5-4-7-29-12-16)18-6-8-30-19-10-17(36-24(18)19)13-32-25(33)20-21(26(32)34)27(20,2)3;1-2(7)3(4,5)6/h6,8-10,16,20-21,29H,4-5,7,12-13H2,1-3H3;1H3. The number of nitrogens with zero attached hydrogens (tertiary/aromatic N) is 4. The van der Waals surface area contributed by atoms with Gasteiger partial charge in [-0.05, 0) is 55.5 Å². The maximum absolute atomic E-state index is 12.9. The van der Waals surface area contributed by atoms with Crippen LogP contribution in [0.1, 0.15) is 49.7 Å². The Morgan fingerprint density at radius 2 is 1.93 bits per heavy atom. The van der Waals surface area contributed by atoms with Crippen molar-refractivity contribution in [3.63, 3.8) is 0 Å². The van der Waals surface area contributed by atoms with Crippen LogP contribution in [0.15, 0.2) is 24.4 Å². The summed E-state index contributed by atoms with van der Waals surface area (Å²) < 4.78 is 39.8. The molecule has 3 fully saturated rings. The number of imide groups is 1. The first-order chi connectivity index (χ1) is 20.2. The van der Waals surface area contributed by atoms with Crippen molar-refractivity contribution in [1.82, 2.24) is 20.2 Å². The van der Waals surface area contributed by atoms with Crippen LogP contribution in [0.2, 0.25) is 0 Å². The van der Waals surface area contributed by atoms with Crippen LogP contribution in [-0.2, 0) is 20.9 Å². The van der Waals surface area contributed by atoms with Crippen LogP contribution in [0.4, 0.5) is 13.2 Å². The zero-order valence-electron chi connectivity index (χ0n) is 24.0. The molecule has 2 saturated heterocycles. The van der Waals surface area contributed by atoms with E-state index in [2.05, 4.69) is 21.4 Å². The molecule has 3 aromatic rings. The topological polar surface area (TPSA) is 125 Å². The number of carbonyl (C=O) groups excluding carboxylic acids is 3. The van der Waals surface area contributed by atoms with E-state index in [0.29, 0.717) is 24.1 Å². The second-order valence-electron chi connectivity index (χ2n) is 11.6. The van der Waals surface area contributed by atoms with Crippen molar-refractivity contribution in [2.24, 2.45) is 17.3 Å². The van der Waals surface area contributed by atoms with Crippen molar-refractivity contribution in [2.75, 3.05) is 13.1 Å². The Hall–Kier alpha value is -3.89. The van der Waals surface area contributed by atoms with Gasteiger partial charge in [0.25, 0.3) is 0 Å². The van der Waals surface area contributed by atoms with Crippen molar-refractivity contribution < 1.29 is 32.3 Å². The highest BCUT2D eigenvalue weighted by atomic mass is 32.1. The number of nitriles is 1. The molecule has 6 rings (SSSR count). The Morgan fingerprint density at radius 1 is 1.26 bits per heavy atom. The highest BCUT2D eigenvalue weighted by Crippen LogP contribution is 2.63. The van der Waals surface area contributed by atoms with Gasteiger partial charge in [0.15, 0.2) is 0 Å². The summed E-state index contributed by atoms with van der Waals surface area (Å²) >= 11 is 1.50. The van der Waals surface area contributed by atoms with Crippen LogP contribution in [0, 0.1) is 35.5 Å². The van der Waals surface area contributed by atoms with Gasteiger partial charge in [0.2, 0.25) is 17.6 Å². The van der Waals surface area contributed by atoms with Crippen LogP contribution in [0.3, 0.4) is 0 Å². The number of carbonyl (C=O) groups is 3. The summed E-state index contributed by atoms with van der Waals surface area (Å²) in [6.45, 7) is 8.40. The lowest BCUT2D eigenvalue weighted by Gasteiger charge is -2.26. The van der Waals surface area contributed by atoms with Gasteiger partial charge in [-0.15, -0.1) is 11.3 Å². The molecule has 0 bridgehead atoms. The molecule has 1 N–H and O–H groups in total. The highest BCUT2D eigenvalue weighted by Gasteiger charge is 2.72. The zero-order chi connectivity index (χ0) is 31.3. The molecule has 5 heterocycles. The number of aromatic nitrogens is 2. The third kappa shape index (κ3) is 5.86. The third-order valence-corrected chi connectivity index (χ3v) is 9.27. The number of alkyl halides is 3. The van der Waals surface area contributed by atoms with Crippen molar-refractivity contribution in [2.45, 2.75) is 59.4 Å². The van der Waals surface area contributed by atoms with Gasteiger partial charge in [0.1, 0.15) is 29.3 Å². The van der Waals surface area contributed by atoms with Gasteiger partial charge in [-0.3, -0.25) is 24.3 Å². The van der Waals surface area contributed by atoms with E-state index >= 15 is 0 Å². The highest BCUT2D eigenvalue weighted by molar-refractivity contribution is 7.19. The van der Waals surface area contributed by atoms with Crippen LogP contribution >= 0.6 is 11.3 Å². The second kappa shape index (κ2) is 11.3. The Bertz CT molecular complexity index is 1630. The van der Waals surface area contributed by atoms with Gasteiger partial charge in [-0.25, -0.2) is 4.98 Å². The number of likely N-dealkylation sites (tertiary alicyclic amines) is 1. The summed E-state index contributed by atoms with van der Waals surface area (Å²) in [6.07, 6.45) is -0.883. The molecule has 1 saturated carbocycles. The van der Waals surface area contributed by atoms with Crippen LogP contribution < -0.4 is 10.1 Å². The van der Waals surface area contributed by atoms with E-state index in [1.54, 1.807) is 12.3 Å². The van der Waals surface area contributed by atoms with Gasteiger partial charge >= 0.3 is 6.18 Å². The first-order valence-electron chi connectivity index (χ1n) is 13.8. The average molecular weight is 614 g/mol. The Labute approximate surface area is 250 Å². The number of ether oxygens (including phenoxy) is 1. The van der Waals surface area contributed by atoms with Crippen molar-refractivity contribution in [1.29, 1.82) is 5.26 Å². The van der Waals surface area contributed by atoms with Crippen molar-refractivity contribution in [3.8, 4) is 23.1 Å². The zero-order valence-corrected chi connectivity index (χ0v) is 24.9. The second-order valence-corrected chi connectivity index (χ2v) is 12.7. The number of rotatable bonds is 5. The molecule has 3 unspecified atom stereocenters. The lowest BCUT2D eigenvalue weighted by Crippen LogP contribution is -2.37. The smallest absolute Gasteiger partial charge is 0.449 e. The number of fused-ring (bicyclic) bond motifs is 2. The molecule has 43 heavy (non-hydrogen) atoms. The molecule has 1 aliphatic carbocycles. The lowest BCUT2D eigenvalue weighted by atomic mass is 10.1. The van der Waals surface area contributed by atoms with Crippen LogP contribution in [-0.4, -0.2) is 57.8 Å². The maximum Gasteiger partial charge on any atom is 0.449 e. The molecule has 2 amide bonds. The maximum atomic E-state index is 12.9. The number of halogens is 3. The summed E-state index contributed by atoms with van der Waals surface area (Å²) in [4.78, 5) is 46.5. The molecular formula is C30H30F3N5O4S. The van der Waals surface area contributed by atoms with Crippen LogP contribution in [0.5, 0.6) is 5.75 Å². The fourth-order valence-corrected chi connectivity index (χ4v) is 6.82. The molecule has 9 nitrogen and oxygen atoms in total. The molecule has 0 aromatic carbocycles. The van der Waals surface area contributed by atoms with E-state index in [-0.39, 0.29) is 41.7 Å². The third-order valence-electron chi connectivity index (χ3n) is 8.13. The number of Topliss-reactive ketones (excluding diaryl/α,β-unsaturated/α-hetero) is 1. The minimum absolute atomic E-state index is 0.0324. The number of ketones is 1. The Kier molecular flexibility index (Phi) is 8.04. The number of hydrogen-bond donors (Lipinski definition) is 1. The number of hydrogen-bond acceptors (Lipinski definition) is 9. The minimum atomic E-state index is -4.64. The predicted molar refractivity (Wildman–Crippen MR) is 152 cm³/mol. The molecule has 3 aliphatic rings. The summed E-state index contributed by atoms with van der Waals surface area (Å²) in [5, 5.41) is 13.0. The fraction of sp³-hybridized carbons (Fsp3) is 0.467. The average Bonchev–Trinajstić information content (AvgIpc) is 3.19. The molecular weight excluding hydrogens is 583 g/mol. The molecule has 0 radical (unpaired) electrons. The Balaban J connectivity index is 0.000000472. The van der Waals surface area contributed by atoms with E-state index in [0.717, 1.165) is 52.2 Å². The number of piperidine rings is 2. The van der Waals surface area contributed by atoms with Gasteiger partial charge in [-0.1, -0.05) is 13.8 Å². The van der Waals surface area contributed by atoms with E-state index in [1.165, 1.54) is 16.2 Å². The fourth-order valence-electron chi connectivity index (χ4n) is 5.70. The predicted octanol–water partition coefficient (Wildman–Crippen LogP) is 4.95. The summed E-state index contributed by atoms with van der Waals surface area (Å²) in [5.74, 6) is -1.61. The number of amides is 2. The van der Waals surface area contributed by atoms with Gasteiger partial charge in [0.05, 0.1) is 28.6 Å². The van der Waals surface area contributed by atoms with Crippen LogP contribution in [0.25, 0.3) is 21.5 Å². The molecule has 13 heteroatoms. The monoisotopic (exact) mass is 613 g/mol. The molecule has 3 atom stereocenters. The molecule has 0 spiro atoms. The number of pyridine rings is 2. The quantitative estimate of drug-likeness (QED) is 0.401. The number of thiophene rings is 1. The summed E-state index contributed by atoms with van der Waals surface area (Å²) in [7, 11) is 0. The molecule has 2 aliphatic heterocycles. The normalized spacial score (nSPS) is 22.5. The van der Waals surface area contributed by atoms with E-state index in [9.17, 15) is 32.8 Å². The Morgan fingerprint density at radius 3 is 2.51 bits per heavy atom. The van der Waals surface area contributed by atoms with E-state index in [1.807, 2.05) is 32.9 Å². The number of aryl methyl sites for hydroxylation is 1. The molecule has 3 aromatic heterocycles. The van der Waals surface area contributed by atoms with Crippen molar-refractivity contribution >= 4 is 39.2 Å². The first kappa shape index (κ1) is 30.6. The lowest BCUT2D eigenvalue weighted by molar-refractivity contribution is -0.168. The van der Waals surface area contributed by atoms with Gasteiger partial charge in [0, 0.05) is 30.1 Å². The van der Waals surface area contributed by atoms with Gasteiger partial charge in [-0.2, -0.15) is 18.4 Å². The SMILES string of the molecule is CC(=O)C(F)(F)F.Cc1cc(C#N)nc(-c2ccnc3cc(CN4C(=O)C5C(C4=O)C5(C)C)sc23)c1OC1CCCNC1. The van der Waals surface area contributed by atoms with E-state index < -0.39 is 12.0 Å². The van der Waals surface area contributed by atoms with E-state index in [4.69, 9.17) is 4.74 Å². The summed E-state index contributed by atoms with van der Waals surface area (Å²) in [6, 6.07) is 7.74. The van der Waals surface area contributed by atoms with Crippen molar-refractivity contribution in [3.05, 3.63) is 40.5 Å². The molecule has 226 valence electrons. The minimum Gasteiger partial charge on any atom is -0.487 e.